The molecule has 0 aliphatic heterocycles. The SMILES string of the molecule is CC(C)(C#N)CCCNc1cc(Br)ccc1Cl. The first kappa shape index (κ1) is 14.3. The van der Waals surface area contributed by atoms with Crippen LogP contribution >= 0.6 is 27.5 Å². The number of nitriles is 1. The Morgan fingerprint density at radius 1 is 1.47 bits per heavy atom. The van der Waals surface area contributed by atoms with Crippen molar-refractivity contribution in [3.05, 3.63) is 27.7 Å². The van der Waals surface area contributed by atoms with E-state index in [0.717, 1.165) is 29.5 Å². The molecular formula is C13H16BrClN2. The third kappa shape index (κ3) is 4.97. The highest BCUT2D eigenvalue weighted by Gasteiger charge is 2.15. The summed E-state index contributed by atoms with van der Waals surface area (Å²) in [5, 5.41) is 12.9. The minimum Gasteiger partial charge on any atom is -0.384 e. The van der Waals surface area contributed by atoms with Crippen LogP contribution in [-0.2, 0) is 0 Å². The number of anilines is 1. The lowest BCUT2D eigenvalue weighted by Gasteiger charge is -2.15. The van der Waals surface area contributed by atoms with Crippen molar-refractivity contribution in [2.45, 2.75) is 26.7 Å². The van der Waals surface area contributed by atoms with Gasteiger partial charge in [-0.15, -0.1) is 0 Å². The van der Waals surface area contributed by atoms with Gasteiger partial charge in [0.2, 0.25) is 0 Å². The summed E-state index contributed by atoms with van der Waals surface area (Å²) in [6.07, 6.45) is 1.82. The van der Waals surface area contributed by atoms with Gasteiger partial charge in [-0.05, 0) is 44.9 Å². The monoisotopic (exact) mass is 314 g/mol. The minimum atomic E-state index is -0.247. The molecule has 0 amide bonds. The highest BCUT2D eigenvalue weighted by Crippen LogP contribution is 2.26. The number of hydrogen-bond donors (Lipinski definition) is 1. The molecule has 1 rings (SSSR count). The van der Waals surface area contributed by atoms with Crippen molar-refractivity contribution in [3.63, 3.8) is 0 Å². The van der Waals surface area contributed by atoms with Crippen molar-refractivity contribution in [2.75, 3.05) is 11.9 Å². The Labute approximate surface area is 116 Å². The third-order valence-corrected chi connectivity index (χ3v) is 3.35. The summed E-state index contributed by atoms with van der Waals surface area (Å²) in [4.78, 5) is 0. The maximum absolute atomic E-state index is 8.89. The van der Waals surface area contributed by atoms with Crippen molar-refractivity contribution < 1.29 is 0 Å². The summed E-state index contributed by atoms with van der Waals surface area (Å²) in [7, 11) is 0. The molecule has 0 saturated heterocycles. The van der Waals surface area contributed by atoms with Crippen molar-refractivity contribution in [1.29, 1.82) is 5.26 Å². The van der Waals surface area contributed by atoms with E-state index >= 15 is 0 Å². The second-order valence-corrected chi connectivity index (χ2v) is 5.97. The smallest absolute Gasteiger partial charge is 0.0683 e. The van der Waals surface area contributed by atoms with Crippen LogP contribution in [0.3, 0.4) is 0 Å². The Morgan fingerprint density at radius 3 is 2.82 bits per heavy atom. The normalized spacial score (nSPS) is 11.0. The van der Waals surface area contributed by atoms with Crippen LogP contribution in [-0.4, -0.2) is 6.54 Å². The summed E-state index contributed by atoms with van der Waals surface area (Å²) >= 11 is 9.46. The highest BCUT2D eigenvalue weighted by atomic mass is 79.9. The molecule has 1 aromatic carbocycles. The molecule has 0 spiro atoms. The van der Waals surface area contributed by atoms with Gasteiger partial charge in [0, 0.05) is 11.0 Å². The molecule has 0 heterocycles. The molecule has 0 fully saturated rings. The molecule has 0 saturated carbocycles. The van der Waals surface area contributed by atoms with Gasteiger partial charge in [-0.2, -0.15) is 5.26 Å². The van der Waals surface area contributed by atoms with Gasteiger partial charge in [-0.3, -0.25) is 0 Å². The van der Waals surface area contributed by atoms with Gasteiger partial charge in [0.05, 0.1) is 22.2 Å². The first-order chi connectivity index (χ1) is 7.94. The summed E-state index contributed by atoms with van der Waals surface area (Å²) in [5.41, 5.74) is 0.679. The van der Waals surface area contributed by atoms with E-state index in [0.29, 0.717) is 5.02 Å². The molecule has 4 heteroatoms. The molecule has 0 aliphatic carbocycles. The van der Waals surface area contributed by atoms with Crippen molar-refractivity contribution >= 4 is 33.2 Å². The van der Waals surface area contributed by atoms with Crippen LogP contribution in [0, 0.1) is 16.7 Å². The minimum absolute atomic E-state index is 0.247. The van der Waals surface area contributed by atoms with Gasteiger partial charge in [-0.25, -0.2) is 0 Å². The summed E-state index contributed by atoms with van der Waals surface area (Å²) in [6.45, 7) is 4.74. The van der Waals surface area contributed by atoms with Crippen LogP contribution in [0.4, 0.5) is 5.69 Å². The van der Waals surface area contributed by atoms with E-state index in [1.54, 1.807) is 0 Å². The molecular weight excluding hydrogens is 300 g/mol. The van der Waals surface area contributed by atoms with Gasteiger partial charge in [0.15, 0.2) is 0 Å². The van der Waals surface area contributed by atoms with Crippen LogP contribution in [0.15, 0.2) is 22.7 Å². The Hall–Kier alpha value is -0.720. The van der Waals surface area contributed by atoms with E-state index in [1.165, 1.54) is 0 Å². The second kappa shape index (κ2) is 6.28. The number of nitrogens with zero attached hydrogens (tertiary/aromatic N) is 1. The van der Waals surface area contributed by atoms with E-state index in [-0.39, 0.29) is 5.41 Å². The van der Waals surface area contributed by atoms with E-state index in [4.69, 9.17) is 16.9 Å². The molecule has 0 radical (unpaired) electrons. The van der Waals surface area contributed by atoms with Crippen molar-refractivity contribution in [1.82, 2.24) is 0 Å². The quantitative estimate of drug-likeness (QED) is 0.789. The molecule has 0 atom stereocenters. The molecule has 0 aliphatic rings. The lowest BCUT2D eigenvalue weighted by Crippen LogP contribution is -2.11. The van der Waals surface area contributed by atoms with E-state index in [1.807, 2.05) is 32.0 Å². The average molecular weight is 316 g/mol. The van der Waals surface area contributed by atoms with Gasteiger partial charge >= 0.3 is 0 Å². The molecule has 1 N–H and O–H groups in total. The molecule has 0 bridgehead atoms. The molecule has 2 nitrogen and oxygen atoms in total. The van der Waals surface area contributed by atoms with E-state index < -0.39 is 0 Å². The van der Waals surface area contributed by atoms with Crippen molar-refractivity contribution in [3.8, 4) is 6.07 Å². The van der Waals surface area contributed by atoms with Gasteiger partial charge < -0.3 is 5.32 Å². The van der Waals surface area contributed by atoms with Crippen LogP contribution in [0.1, 0.15) is 26.7 Å². The van der Waals surface area contributed by atoms with Crippen LogP contribution in [0.25, 0.3) is 0 Å². The number of nitrogens with one attached hydrogen (secondary N) is 1. The molecule has 0 unspecified atom stereocenters. The predicted molar refractivity (Wildman–Crippen MR) is 76.3 cm³/mol. The predicted octanol–water partition coefficient (Wildman–Crippen LogP) is 4.84. The molecule has 1 aromatic rings. The molecule has 92 valence electrons. The van der Waals surface area contributed by atoms with Gasteiger partial charge in [0.1, 0.15) is 0 Å². The standard InChI is InChI=1S/C13H16BrClN2/c1-13(2,9-16)6-3-7-17-12-8-10(14)4-5-11(12)15/h4-5,8,17H,3,6-7H2,1-2H3. The van der Waals surface area contributed by atoms with Crippen molar-refractivity contribution in [2.24, 2.45) is 5.41 Å². The summed E-state index contributed by atoms with van der Waals surface area (Å²) in [5.74, 6) is 0. The van der Waals surface area contributed by atoms with Crippen LogP contribution in [0.2, 0.25) is 5.02 Å². The fourth-order valence-electron chi connectivity index (χ4n) is 1.44. The lowest BCUT2D eigenvalue weighted by atomic mass is 9.90. The Morgan fingerprint density at radius 2 is 2.18 bits per heavy atom. The zero-order valence-electron chi connectivity index (χ0n) is 10.1. The van der Waals surface area contributed by atoms with E-state index in [2.05, 4.69) is 27.3 Å². The average Bonchev–Trinajstić information content (AvgIpc) is 2.29. The summed E-state index contributed by atoms with van der Waals surface area (Å²) in [6, 6.07) is 8.02. The maximum atomic E-state index is 8.89. The molecule has 17 heavy (non-hydrogen) atoms. The Kier molecular flexibility index (Phi) is 5.30. The first-order valence-electron chi connectivity index (χ1n) is 5.55. The third-order valence-electron chi connectivity index (χ3n) is 2.53. The maximum Gasteiger partial charge on any atom is 0.0683 e. The lowest BCUT2D eigenvalue weighted by molar-refractivity contribution is 0.441. The topological polar surface area (TPSA) is 35.8 Å². The zero-order valence-corrected chi connectivity index (χ0v) is 12.4. The first-order valence-corrected chi connectivity index (χ1v) is 6.72. The Balaban J connectivity index is 2.42. The number of benzene rings is 1. The molecule has 0 aromatic heterocycles. The van der Waals surface area contributed by atoms with E-state index in [9.17, 15) is 0 Å². The van der Waals surface area contributed by atoms with Gasteiger partial charge in [-0.1, -0.05) is 27.5 Å². The zero-order chi connectivity index (χ0) is 12.9. The van der Waals surface area contributed by atoms with Gasteiger partial charge in [0.25, 0.3) is 0 Å². The number of halogens is 2. The fourth-order valence-corrected chi connectivity index (χ4v) is 1.99. The highest BCUT2D eigenvalue weighted by molar-refractivity contribution is 9.10. The number of rotatable bonds is 5. The largest absolute Gasteiger partial charge is 0.384 e. The number of hydrogen-bond acceptors (Lipinski definition) is 2. The van der Waals surface area contributed by atoms with Crippen LogP contribution < -0.4 is 5.32 Å². The Bertz CT molecular complexity index is 424. The fraction of sp³-hybridized carbons (Fsp3) is 0.462. The second-order valence-electron chi connectivity index (χ2n) is 4.65. The summed E-state index contributed by atoms with van der Waals surface area (Å²) < 4.78 is 1.00. The van der Waals surface area contributed by atoms with Crippen LogP contribution in [0.5, 0.6) is 0 Å².